The Labute approximate surface area is 97.1 Å². The predicted octanol–water partition coefficient (Wildman–Crippen LogP) is 2.20. The summed E-state index contributed by atoms with van der Waals surface area (Å²) in [6.07, 6.45) is 0.202. The van der Waals surface area contributed by atoms with E-state index in [1.807, 2.05) is 16.8 Å². The lowest BCUT2D eigenvalue weighted by molar-refractivity contribution is -0.158. The van der Waals surface area contributed by atoms with Crippen LogP contribution in [0.15, 0.2) is 16.8 Å². The summed E-state index contributed by atoms with van der Waals surface area (Å²) in [5.41, 5.74) is 4.60. The molecule has 5 heteroatoms. The van der Waals surface area contributed by atoms with E-state index in [2.05, 4.69) is 0 Å². The Kier molecular flexibility index (Phi) is 3.03. The zero-order chi connectivity index (χ0) is 11.8. The lowest BCUT2D eigenvalue weighted by atomic mass is 9.57. The average Bonchev–Trinajstić information content (AvgIpc) is 2.76. The molecule has 1 saturated carbocycles. The van der Waals surface area contributed by atoms with Gasteiger partial charge in [-0.05, 0) is 35.2 Å². The van der Waals surface area contributed by atoms with Crippen molar-refractivity contribution in [1.82, 2.24) is 0 Å². The van der Waals surface area contributed by atoms with Gasteiger partial charge in [-0.15, -0.1) is 0 Å². The van der Waals surface area contributed by atoms with Crippen molar-refractivity contribution < 1.29 is 13.9 Å². The van der Waals surface area contributed by atoms with Gasteiger partial charge in [0.2, 0.25) is 0 Å². The molecule has 0 aliphatic heterocycles. The molecular formula is C11H15F2NOS. The van der Waals surface area contributed by atoms with Gasteiger partial charge in [0.15, 0.2) is 0 Å². The van der Waals surface area contributed by atoms with Crippen molar-refractivity contribution >= 4 is 11.3 Å². The molecule has 2 nitrogen and oxygen atoms in total. The molecule has 1 aliphatic rings. The fourth-order valence-electron chi connectivity index (χ4n) is 2.45. The molecule has 0 bridgehead atoms. The molecule has 1 heterocycles. The Morgan fingerprint density at radius 2 is 2.06 bits per heavy atom. The zero-order valence-corrected chi connectivity index (χ0v) is 9.64. The molecule has 1 unspecified atom stereocenters. The van der Waals surface area contributed by atoms with Crippen LogP contribution in [0.25, 0.3) is 0 Å². The van der Waals surface area contributed by atoms with E-state index >= 15 is 0 Å². The molecule has 16 heavy (non-hydrogen) atoms. The highest BCUT2D eigenvalue weighted by atomic mass is 32.1. The number of hydrogen-bond acceptors (Lipinski definition) is 3. The van der Waals surface area contributed by atoms with E-state index in [9.17, 15) is 13.9 Å². The summed E-state index contributed by atoms with van der Waals surface area (Å²) in [5.74, 6) is 0. The van der Waals surface area contributed by atoms with Crippen LogP contribution in [0.1, 0.15) is 24.4 Å². The number of aliphatic hydroxyl groups is 1. The molecule has 90 valence electrons. The van der Waals surface area contributed by atoms with Crippen molar-refractivity contribution in [1.29, 1.82) is 0 Å². The third-order valence-corrected chi connectivity index (χ3v) is 4.11. The quantitative estimate of drug-likeness (QED) is 0.856. The Bertz CT molecular complexity index is 343. The highest BCUT2D eigenvalue weighted by molar-refractivity contribution is 7.07. The smallest absolute Gasteiger partial charge is 0.0977 e. The van der Waals surface area contributed by atoms with E-state index in [0.717, 1.165) is 5.56 Å². The predicted molar refractivity (Wildman–Crippen MR) is 59.8 cm³/mol. The second-order valence-electron chi connectivity index (χ2n) is 4.76. The molecule has 0 saturated heterocycles. The first-order chi connectivity index (χ1) is 7.55. The van der Waals surface area contributed by atoms with Gasteiger partial charge in [0, 0.05) is 5.41 Å². The van der Waals surface area contributed by atoms with Gasteiger partial charge in [-0.1, -0.05) is 0 Å². The number of alkyl halides is 2. The molecule has 1 fully saturated rings. The monoisotopic (exact) mass is 247 g/mol. The summed E-state index contributed by atoms with van der Waals surface area (Å²) in [4.78, 5) is 0. The molecule has 2 rings (SSSR count). The third kappa shape index (κ3) is 1.77. The van der Waals surface area contributed by atoms with E-state index in [4.69, 9.17) is 5.73 Å². The first-order valence-corrected chi connectivity index (χ1v) is 6.12. The van der Waals surface area contributed by atoms with Crippen LogP contribution in [-0.4, -0.2) is 24.1 Å². The maximum Gasteiger partial charge on any atom is 0.0977 e. The third-order valence-electron chi connectivity index (χ3n) is 3.41. The normalized spacial score (nSPS) is 23.8. The minimum Gasteiger partial charge on any atom is -0.388 e. The van der Waals surface area contributed by atoms with Crippen LogP contribution in [0.2, 0.25) is 0 Å². The van der Waals surface area contributed by atoms with E-state index in [1.165, 1.54) is 11.3 Å². The fraction of sp³-hybridized carbons (Fsp3) is 0.636. The SMILES string of the molecule is NC(c1ccsc1)C1(O)CC(CF)(CF)C1. The molecule has 1 aliphatic carbocycles. The molecule has 0 amide bonds. The maximum absolute atomic E-state index is 12.7. The maximum atomic E-state index is 12.7. The molecule has 0 spiro atoms. The van der Waals surface area contributed by atoms with E-state index in [1.54, 1.807) is 0 Å². The van der Waals surface area contributed by atoms with Gasteiger partial charge in [-0.25, -0.2) is 0 Å². The van der Waals surface area contributed by atoms with Gasteiger partial charge >= 0.3 is 0 Å². The number of hydrogen-bond donors (Lipinski definition) is 2. The largest absolute Gasteiger partial charge is 0.388 e. The topological polar surface area (TPSA) is 46.2 Å². The molecule has 0 radical (unpaired) electrons. The summed E-state index contributed by atoms with van der Waals surface area (Å²) >= 11 is 1.49. The Balaban J connectivity index is 2.07. The van der Waals surface area contributed by atoms with Crippen LogP contribution in [0.4, 0.5) is 8.78 Å². The average molecular weight is 247 g/mol. The highest BCUT2D eigenvalue weighted by Gasteiger charge is 2.57. The second-order valence-corrected chi connectivity index (χ2v) is 5.54. The van der Waals surface area contributed by atoms with Gasteiger partial charge in [0.25, 0.3) is 0 Å². The summed E-state index contributed by atoms with van der Waals surface area (Å²) in [6, 6.07) is 1.28. The van der Waals surface area contributed by atoms with Crippen LogP contribution >= 0.6 is 11.3 Å². The van der Waals surface area contributed by atoms with Crippen molar-refractivity contribution in [2.45, 2.75) is 24.5 Å². The minimum atomic E-state index is -1.15. The number of thiophene rings is 1. The molecule has 3 N–H and O–H groups in total. The fourth-order valence-corrected chi connectivity index (χ4v) is 3.15. The van der Waals surface area contributed by atoms with Crippen LogP contribution in [0.5, 0.6) is 0 Å². The lowest BCUT2D eigenvalue weighted by Crippen LogP contribution is -2.59. The van der Waals surface area contributed by atoms with Gasteiger partial charge < -0.3 is 10.8 Å². The van der Waals surface area contributed by atoms with E-state index in [-0.39, 0.29) is 12.8 Å². The number of nitrogens with two attached hydrogens (primary N) is 1. The summed E-state index contributed by atoms with van der Waals surface area (Å²) in [7, 11) is 0. The van der Waals surface area contributed by atoms with Crippen molar-refractivity contribution in [3.63, 3.8) is 0 Å². The number of halogens is 2. The second kappa shape index (κ2) is 4.05. The van der Waals surface area contributed by atoms with Crippen molar-refractivity contribution in [3.05, 3.63) is 22.4 Å². The Morgan fingerprint density at radius 1 is 1.44 bits per heavy atom. The van der Waals surface area contributed by atoms with Crippen LogP contribution in [0, 0.1) is 5.41 Å². The van der Waals surface area contributed by atoms with Crippen LogP contribution in [-0.2, 0) is 0 Å². The standard InChI is InChI=1S/C11H15F2NOS/c12-6-10(7-13)4-11(15,5-10)9(14)8-1-2-16-3-8/h1-3,9,15H,4-7,14H2. The van der Waals surface area contributed by atoms with Gasteiger partial charge in [0.05, 0.1) is 25.0 Å². The Morgan fingerprint density at radius 3 is 2.50 bits per heavy atom. The zero-order valence-electron chi connectivity index (χ0n) is 8.83. The lowest BCUT2D eigenvalue weighted by Gasteiger charge is -2.53. The van der Waals surface area contributed by atoms with Gasteiger partial charge in [-0.3, -0.25) is 8.78 Å². The highest BCUT2D eigenvalue weighted by Crippen LogP contribution is 2.53. The van der Waals surface area contributed by atoms with E-state index in [0.29, 0.717) is 0 Å². The summed E-state index contributed by atoms with van der Waals surface area (Å²) in [6.45, 7) is -1.47. The first kappa shape index (κ1) is 12.0. The van der Waals surface area contributed by atoms with Gasteiger partial charge in [-0.2, -0.15) is 11.3 Å². The van der Waals surface area contributed by atoms with E-state index < -0.39 is 30.4 Å². The van der Waals surface area contributed by atoms with Crippen LogP contribution < -0.4 is 5.73 Å². The summed E-state index contributed by atoms with van der Waals surface area (Å²) < 4.78 is 25.3. The number of rotatable bonds is 4. The van der Waals surface area contributed by atoms with Crippen LogP contribution in [0.3, 0.4) is 0 Å². The van der Waals surface area contributed by atoms with Crippen molar-refractivity contribution in [3.8, 4) is 0 Å². The first-order valence-electron chi connectivity index (χ1n) is 5.17. The molecule has 1 aromatic rings. The van der Waals surface area contributed by atoms with Crippen molar-refractivity contribution in [2.75, 3.05) is 13.3 Å². The summed E-state index contributed by atoms with van der Waals surface area (Å²) in [5, 5.41) is 13.9. The Hall–Kier alpha value is -0.520. The minimum absolute atomic E-state index is 0.101. The molecular weight excluding hydrogens is 232 g/mol. The molecule has 1 aromatic heterocycles. The van der Waals surface area contributed by atoms with Crippen molar-refractivity contribution in [2.24, 2.45) is 11.1 Å². The van der Waals surface area contributed by atoms with Gasteiger partial charge in [0.1, 0.15) is 0 Å². The molecule has 1 atom stereocenters. The molecule has 0 aromatic carbocycles.